The van der Waals surface area contributed by atoms with Crippen LogP contribution >= 0.6 is 0 Å². The minimum absolute atomic E-state index is 0.207. The monoisotopic (exact) mass is 374 g/mol. The molecule has 2 heterocycles. The third-order valence-electron chi connectivity index (χ3n) is 4.25. The maximum atomic E-state index is 12.6. The van der Waals surface area contributed by atoms with Gasteiger partial charge in [0.2, 0.25) is 0 Å². The lowest BCUT2D eigenvalue weighted by atomic mass is 10.1. The lowest BCUT2D eigenvalue weighted by molar-refractivity contribution is -0.137. The van der Waals surface area contributed by atoms with Gasteiger partial charge in [-0.05, 0) is 37.1 Å². The van der Waals surface area contributed by atoms with Gasteiger partial charge in [0, 0.05) is 12.7 Å². The van der Waals surface area contributed by atoms with Crippen molar-refractivity contribution in [2.24, 2.45) is 0 Å². The van der Waals surface area contributed by atoms with E-state index in [1.165, 1.54) is 16.9 Å². The molecule has 8 heteroatoms. The molecule has 0 bridgehead atoms. The lowest BCUT2D eigenvalue weighted by Crippen LogP contribution is -2.23. The van der Waals surface area contributed by atoms with Crippen molar-refractivity contribution in [2.45, 2.75) is 26.6 Å². The Labute approximate surface area is 153 Å². The Kier molecular flexibility index (Phi) is 4.98. The first-order valence-electron chi connectivity index (χ1n) is 8.18. The van der Waals surface area contributed by atoms with Gasteiger partial charge in [0.1, 0.15) is 0 Å². The molecule has 0 radical (unpaired) electrons. The van der Waals surface area contributed by atoms with Gasteiger partial charge >= 0.3 is 6.18 Å². The van der Waals surface area contributed by atoms with Crippen molar-refractivity contribution < 1.29 is 18.0 Å². The van der Waals surface area contributed by atoms with Gasteiger partial charge in [0.05, 0.1) is 23.0 Å². The quantitative estimate of drug-likeness (QED) is 0.755. The number of nitrogens with zero attached hydrogens (tertiary/aromatic N) is 3. The van der Waals surface area contributed by atoms with Crippen LogP contribution in [-0.4, -0.2) is 20.7 Å². The van der Waals surface area contributed by atoms with E-state index in [1.54, 1.807) is 6.92 Å². The highest BCUT2D eigenvalue weighted by atomic mass is 19.4. The van der Waals surface area contributed by atoms with Gasteiger partial charge < -0.3 is 5.32 Å². The van der Waals surface area contributed by atoms with Crippen LogP contribution in [-0.2, 0) is 12.7 Å². The number of carbonyl (C=O) groups is 1. The summed E-state index contributed by atoms with van der Waals surface area (Å²) in [6.45, 7) is 3.99. The Morgan fingerprint density at radius 3 is 2.48 bits per heavy atom. The fourth-order valence-electron chi connectivity index (χ4n) is 2.62. The first kappa shape index (κ1) is 18.6. The van der Waals surface area contributed by atoms with Crippen LogP contribution in [0.4, 0.5) is 13.2 Å². The van der Waals surface area contributed by atoms with Gasteiger partial charge in [-0.3, -0.25) is 4.79 Å². The molecule has 5 nitrogen and oxygen atoms in total. The molecule has 1 aromatic carbocycles. The van der Waals surface area contributed by atoms with E-state index in [0.29, 0.717) is 17.8 Å². The van der Waals surface area contributed by atoms with Crippen molar-refractivity contribution in [3.05, 3.63) is 76.7 Å². The molecule has 1 N–H and O–H groups in total. The third-order valence-corrected chi connectivity index (χ3v) is 4.25. The van der Waals surface area contributed by atoms with Crippen LogP contribution in [0.25, 0.3) is 5.82 Å². The number of benzene rings is 1. The summed E-state index contributed by atoms with van der Waals surface area (Å²) in [4.78, 5) is 16.2. The second kappa shape index (κ2) is 7.22. The first-order chi connectivity index (χ1) is 12.8. The first-order valence-corrected chi connectivity index (χ1v) is 8.18. The zero-order valence-electron chi connectivity index (χ0n) is 14.7. The van der Waals surface area contributed by atoms with E-state index in [9.17, 15) is 18.0 Å². The second-order valence-corrected chi connectivity index (χ2v) is 6.07. The summed E-state index contributed by atoms with van der Waals surface area (Å²) in [5, 5.41) is 6.91. The second-order valence-electron chi connectivity index (χ2n) is 6.07. The van der Waals surface area contributed by atoms with Gasteiger partial charge in [0.15, 0.2) is 5.82 Å². The van der Waals surface area contributed by atoms with Crippen molar-refractivity contribution in [3.63, 3.8) is 0 Å². The van der Waals surface area contributed by atoms with Crippen molar-refractivity contribution in [1.82, 2.24) is 20.1 Å². The SMILES string of the molecule is Cc1ccccc1CNC(=O)c1cnn(-c2ccc(C(F)(F)F)cn2)c1C. The summed E-state index contributed by atoms with van der Waals surface area (Å²) < 4.78 is 39.3. The van der Waals surface area contributed by atoms with Gasteiger partial charge in [0.25, 0.3) is 5.91 Å². The number of pyridine rings is 1. The van der Waals surface area contributed by atoms with Crippen LogP contribution in [0.15, 0.2) is 48.8 Å². The molecular weight excluding hydrogens is 357 g/mol. The van der Waals surface area contributed by atoms with Gasteiger partial charge in [-0.15, -0.1) is 0 Å². The number of hydrogen-bond acceptors (Lipinski definition) is 3. The number of aromatic nitrogens is 3. The van der Waals surface area contributed by atoms with Crippen LogP contribution in [0, 0.1) is 13.8 Å². The van der Waals surface area contributed by atoms with Crippen LogP contribution < -0.4 is 5.32 Å². The van der Waals surface area contributed by atoms with E-state index in [2.05, 4.69) is 15.4 Å². The van der Waals surface area contributed by atoms with Gasteiger partial charge in [-0.25, -0.2) is 9.67 Å². The summed E-state index contributed by atoms with van der Waals surface area (Å²) >= 11 is 0. The number of hydrogen-bond donors (Lipinski definition) is 1. The summed E-state index contributed by atoms with van der Waals surface area (Å²) in [5.74, 6) is -0.104. The van der Waals surface area contributed by atoms with Crippen LogP contribution in [0.2, 0.25) is 0 Å². The zero-order chi connectivity index (χ0) is 19.6. The highest BCUT2D eigenvalue weighted by Crippen LogP contribution is 2.28. The molecule has 0 saturated carbocycles. The summed E-state index contributed by atoms with van der Waals surface area (Å²) in [6, 6.07) is 9.86. The van der Waals surface area contributed by atoms with Gasteiger partial charge in [-0.2, -0.15) is 18.3 Å². The largest absolute Gasteiger partial charge is 0.417 e. The topological polar surface area (TPSA) is 59.8 Å². The number of nitrogens with one attached hydrogen (secondary N) is 1. The standard InChI is InChI=1S/C19H17F3N4O/c1-12-5-3-4-6-14(12)9-24-18(27)16-11-25-26(13(16)2)17-8-7-15(10-23-17)19(20,21)22/h3-8,10-11H,9H2,1-2H3,(H,24,27). The number of carbonyl (C=O) groups excluding carboxylic acids is 1. The third kappa shape index (κ3) is 3.99. The van der Waals surface area contributed by atoms with Crippen LogP contribution in [0.1, 0.15) is 32.7 Å². The number of halogens is 3. The molecule has 3 aromatic rings. The summed E-state index contributed by atoms with van der Waals surface area (Å²) in [6.07, 6.45) is -2.33. The Morgan fingerprint density at radius 2 is 1.85 bits per heavy atom. The lowest BCUT2D eigenvalue weighted by Gasteiger charge is -2.09. The number of rotatable bonds is 4. The maximum absolute atomic E-state index is 12.6. The van der Waals surface area contributed by atoms with E-state index < -0.39 is 11.7 Å². The molecule has 27 heavy (non-hydrogen) atoms. The molecule has 0 aliphatic carbocycles. The molecule has 0 spiro atoms. The van der Waals surface area contributed by atoms with Crippen molar-refractivity contribution in [2.75, 3.05) is 0 Å². The number of amides is 1. The summed E-state index contributed by atoms with van der Waals surface area (Å²) in [7, 11) is 0. The van der Waals surface area contributed by atoms with E-state index >= 15 is 0 Å². The molecule has 1 amide bonds. The minimum atomic E-state index is -4.45. The molecular formula is C19H17F3N4O. The normalized spacial score (nSPS) is 11.4. The highest BCUT2D eigenvalue weighted by molar-refractivity contribution is 5.95. The van der Waals surface area contributed by atoms with Crippen molar-refractivity contribution in [3.8, 4) is 5.82 Å². The van der Waals surface area contributed by atoms with Crippen LogP contribution in [0.5, 0.6) is 0 Å². The fourth-order valence-corrected chi connectivity index (χ4v) is 2.62. The van der Waals surface area contributed by atoms with Crippen molar-refractivity contribution in [1.29, 1.82) is 0 Å². The zero-order valence-corrected chi connectivity index (χ0v) is 14.7. The molecule has 0 aliphatic heterocycles. The minimum Gasteiger partial charge on any atom is -0.348 e. The molecule has 140 valence electrons. The van der Waals surface area contributed by atoms with Crippen LogP contribution in [0.3, 0.4) is 0 Å². The number of alkyl halides is 3. The maximum Gasteiger partial charge on any atom is 0.417 e. The predicted molar refractivity (Wildman–Crippen MR) is 93.4 cm³/mol. The molecule has 0 unspecified atom stereocenters. The molecule has 0 fully saturated rings. The Hall–Kier alpha value is -3.16. The van der Waals surface area contributed by atoms with E-state index in [1.807, 2.05) is 31.2 Å². The Morgan fingerprint density at radius 1 is 1.11 bits per heavy atom. The smallest absolute Gasteiger partial charge is 0.348 e. The van der Waals surface area contributed by atoms with Gasteiger partial charge in [-0.1, -0.05) is 24.3 Å². The summed E-state index contributed by atoms with van der Waals surface area (Å²) in [5.41, 5.74) is 2.06. The Balaban J connectivity index is 1.76. The average Bonchev–Trinajstić information content (AvgIpc) is 3.02. The Bertz CT molecular complexity index is 962. The predicted octanol–water partition coefficient (Wildman–Crippen LogP) is 3.83. The molecule has 3 rings (SSSR count). The average molecular weight is 374 g/mol. The molecule has 0 atom stereocenters. The number of aryl methyl sites for hydroxylation is 1. The van der Waals surface area contributed by atoms with E-state index in [4.69, 9.17) is 0 Å². The van der Waals surface area contributed by atoms with Crippen molar-refractivity contribution >= 4 is 5.91 Å². The highest BCUT2D eigenvalue weighted by Gasteiger charge is 2.30. The molecule has 2 aromatic heterocycles. The van der Waals surface area contributed by atoms with E-state index in [0.717, 1.165) is 23.4 Å². The van der Waals surface area contributed by atoms with E-state index in [-0.39, 0.29) is 11.7 Å². The molecule has 0 aliphatic rings. The fraction of sp³-hybridized carbons (Fsp3) is 0.211. The molecule has 0 saturated heterocycles.